The Morgan fingerprint density at radius 3 is 2.80 bits per heavy atom. The van der Waals surface area contributed by atoms with Crippen LogP contribution in [0.5, 0.6) is 0 Å². The standard InChI is InChI=1S/C17H25N3O4S/c1-19(12-14-6-3-2-4-7-14)25(23,24)20-11-8-15-17(13-20,16(21)22)9-5-10-18-15/h2-4,6-7,15,18H,5,8-13H2,1H3,(H,21,22)/t15-,17+/m1/s1. The molecule has 2 heterocycles. The van der Waals surface area contributed by atoms with Crippen LogP contribution in [0.3, 0.4) is 0 Å². The van der Waals surface area contributed by atoms with Gasteiger partial charge < -0.3 is 10.4 Å². The molecular formula is C17H25N3O4S. The fourth-order valence-electron chi connectivity index (χ4n) is 3.92. The first-order chi connectivity index (χ1) is 11.9. The third-order valence-electron chi connectivity index (χ3n) is 5.38. The summed E-state index contributed by atoms with van der Waals surface area (Å²) in [6, 6.07) is 9.21. The molecule has 2 atom stereocenters. The number of piperidine rings is 2. The molecule has 8 heteroatoms. The molecule has 0 saturated carbocycles. The molecule has 0 aliphatic carbocycles. The van der Waals surface area contributed by atoms with Crippen molar-refractivity contribution < 1.29 is 18.3 Å². The second-order valence-corrected chi connectivity index (χ2v) is 8.98. The normalized spacial score (nSPS) is 27.8. The van der Waals surface area contributed by atoms with E-state index in [0.29, 0.717) is 19.4 Å². The van der Waals surface area contributed by atoms with Crippen molar-refractivity contribution in [1.29, 1.82) is 0 Å². The lowest BCUT2D eigenvalue weighted by Gasteiger charge is -2.48. The summed E-state index contributed by atoms with van der Waals surface area (Å²) in [6.07, 6.45) is 1.77. The van der Waals surface area contributed by atoms with E-state index < -0.39 is 21.6 Å². The molecule has 0 aromatic heterocycles. The largest absolute Gasteiger partial charge is 0.481 e. The zero-order chi connectivity index (χ0) is 18.1. The van der Waals surface area contributed by atoms with Crippen LogP contribution in [-0.4, -0.2) is 60.8 Å². The molecule has 0 unspecified atom stereocenters. The van der Waals surface area contributed by atoms with Crippen LogP contribution in [0, 0.1) is 5.41 Å². The minimum absolute atomic E-state index is 0.0292. The summed E-state index contributed by atoms with van der Waals surface area (Å²) in [5.41, 5.74) is -0.132. The molecule has 7 nitrogen and oxygen atoms in total. The van der Waals surface area contributed by atoms with E-state index >= 15 is 0 Å². The van der Waals surface area contributed by atoms with Crippen LogP contribution >= 0.6 is 0 Å². The summed E-state index contributed by atoms with van der Waals surface area (Å²) in [4.78, 5) is 12.0. The fourth-order valence-corrected chi connectivity index (χ4v) is 5.36. The Balaban J connectivity index is 1.79. The quantitative estimate of drug-likeness (QED) is 0.807. The Bertz CT molecular complexity index is 725. The van der Waals surface area contributed by atoms with Crippen LogP contribution in [0.25, 0.3) is 0 Å². The molecule has 0 bridgehead atoms. The molecule has 1 aromatic carbocycles. The monoisotopic (exact) mass is 367 g/mol. The van der Waals surface area contributed by atoms with Gasteiger partial charge in [0.2, 0.25) is 0 Å². The lowest BCUT2D eigenvalue weighted by molar-refractivity contribution is -0.155. The first-order valence-corrected chi connectivity index (χ1v) is 9.98. The molecule has 2 aliphatic rings. The topological polar surface area (TPSA) is 90.0 Å². The Kier molecular flexibility index (Phi) is 5.15. The summed E-state index contributed by atoms with van der Waals surface area (Å²) in [5.74, 6) is -0.907. The van der Waals surface area contributed by atoms with Gasteiger partial charge in [-0.15, -0.1) is 0 Å². The minimum Gasteiger partial charge on any atom is -0.481 e. The third kappa shape index (κ3) is 3.44. The Morgan fingerprint density at radius 1 is 1.40 bits per heavy atom. The van der Waals surface area contributed by atoms with E-state index in [9.17, 15) is 18.3 Å². The smallest absolute Gasteiger partial charge is 0.312 e. The molecular weight excluding hydrogens is 342 g/mol. The molecule has 0 amide bonds. The minimum atomic E-state index is -3.71. The maximum Gasteiger partial charge on any atom is 0.312 e. The molecule has 25 heavy (non-hydrogen) atoms. The van der Waals surface area contributed by atoms with E-state index in [0.717, 1.165) is 18.5 Å². The number of fused-ring (bicyclic) bond motifs is 1. The number of carboxylic acids is 1. The molecule has 2 aliphatic heterocycles. The summed E-state index contributed by atoms with van der Waals surface area (Å²) >= 11 is 0. The molecule has 1 aromatic rings. The number of rotatable bonds is 5. The van der Waals surface area contributed by atoms with Gasteiger partial charge in [-0.2, -0.15) is 17.0 Å². The zero-order valence-electron chi connectivity index (χ0n) is 14.4. The maximum absolute atomic E-state index is 13.0. The Morgan fingerprint density at radius 2 is 2.12 bits per heavy atom. The highest BCUT2D eigenvalue weighted by molar-refractivity contribution is 7.86. The van der Waals surface area contributed by atoms with E-state index in [1.165, 1.54) is 8.61 Å². The van der Waals surface area contributed by atoms with Crippen LogP contribution in [0.4, 0.5) is 0 Å². The second-order valence-electron chi connectivity index (χ2n) is 6.94. The number of hydrogen-bond acceptors (Lipinski definition) is 4. The molecule has 2 fully saturated rings. The lowest BCUT2D eigenvalue weighted by Crippen LogP contribution is -2.64. The predicted molar refractivity (Wildman–Crippen MR) is 94.1 cm³/mol. The van der Waals surface area contributed by atoms with E-state index in [-0.39, 0.29) is 19.1 Å². The van der Waals surface area contributed by atoms with Crippen molar-refractivity contribution in [2.75, 3.05) is 26.7 Å². The van der Waals surface area contributed by atoms with Gasteiger partial charge in [-0.1, -0.05) is 30.3 Å². The average molecular weight is 367 g/mol. The highest BCUT2D eigenvalue weighted by atomic mass is 32.2. The van der Waals surface area contributed by atoms with Gasteiger partial charge in [0.25, 0.3) is 10.2 Å². The van der Waals surface area contributed by atoms with Gasteiger partial charge >= 0.3 is 5.97 Å². The number of hydrogen-bond donors (Lipinski definition) is 2. The van der Waals surface area contributed by atoms with Gasteiger partial charge in [0.1, 0.15) is 0 Å². The summed E-state index contributed by atoms with van der Waals surface area (Å²) in [7, 11) is -2.16. The number of aliphatic carboxylic acids is 1. The van der Waals surface area contributed by atoms with E-state index in [2.05, 4.69) is 5.32 Å². The van der Waals surface area contributed by atoms with Gasteiger partial charge in [0.05, 0.1) is 5.41 Å². The number of nitrogens with one attached hydrogen (secondary N) is 1. The predicted octanol–water partition coefficient (Wildman–Crippen LogP) is 0.892. The number of benzene rings is 1. The van der Waals surface area contributed by atoms with Crippen molar-refractivity contribution in [3.05, 3.63) is 35.9 Å². The van der Waals surface area contributed by atoms with Gasteiger partial charge in [-0.3, -0.25) is 4.79 Å². The summed E-state index contributed by atoms with van der Waals surface area (Å²) < 4.78 is 28.6. The van der Waals surface area contributed by atoms with Crippen molar-refractivity contribution >= 4 is 16.2 Å². The van der Waals surface area contributed by atoms with Crippen LogP contribution in [-0.2, 0) is 21.5 Å². The Labute approximate surface area is 148 Å². The maximum atomic E-state index is 13.0. The van der Waals surface area contributed by atoms with Crippen molar-refractivity contribution in [3.8, 4) is 0 Å². The van der Waals surface area contributed by atoms with Gasteiger partial charge in [-0.25, -0.2) is 0 Å². The van der Waals surface area contributed by atoms with Crippen LogP contribution < -0.4 is 5.32 Å². The first kappa shape index (κ1) is 18.3. The second kappa shape index (κ2) is 7.03. The van der Waals surface area contributed by atoms with Crippen molar-refractivity contribution in [3.63, 3.8) is 0 Å². The number of nitrogens with zero attached hydrogens (tertiary/aromatic N) is 2. The van der Waals surface area contributed by atoms with Crippen LogP contribution in [0.2, 0.25) is 0 Å². The van der Waals surface area contributed by atoms with Gasteiger partial charge in [0, 0.05) is 32.7 Å². The summed E-state index contributed by atoms with van der Waals surface area (Å²) in [5, 5.41) is 13.1. The fraction of sp³-hybridized carbons (Fsp3) is 0.588. The van der Waals surface area contributed by atoms with Crippen molar-refractivity contribution in [2.24, 2.45) is 5.41 Å². The first-order valence-electron chi connectivity index (χ1n) is 8.58. The molecule has 0 spiro atoms. The van der Waals surface area contributed by atoms with Gasteiger partial charge in [-0.05, 0) is 31.4 Å². The van der Waals surface area contributed by atoms with E-state index in [4.69, 9.17) is 0 Å². The molecule has 0 radical (unpaired) electrons. The lowest BCUT2D eigenvalue weighted by atomic mass is 9.71. The van der Waals surface area contributed by atoms with Crippen molar-refractivity contribution in [1.82, 2.24) is 13.9 Å². The van der Waals surface area contributed by atoms with E-state index in [1.807, 2.05) is 30.3 Å². The highest BCUT2D eigenvalue weighted by Gasteiger charge is 2.53. The third-order valence-corrected chi connectivity index (χ3v) is 7.26. The zero-order valence-corrected chi connectivity index (χ0v) is 15.2. The van der Waals surface area contributed by atoms with Crippen LogP contribution in [0.1, 0.15) is 24.8 Å². The average Bonchev–Trinajstić information content (AvgIpc) is 2.61. The van der Waals surface area contributed by atoms with Gasteiger partial charge in [0.15, 0.2) is 0 Å². The Hall–Kier alpha value is -1.48. The van der Waals surface area contributed by atoms with Crippen LogP contribution in [0.15, 0.2) is 30.3 Å². The summed E-state index contributed by atoms with van der Waals surface area (Å²) in [6.45, 7) is 1.43. The molecule has 3 rings (SSSR count). The molecule has 138 valence electrons. The number of carbonyl (C=O) groups is 1. The SMILES string of the molecule is CN(Cc1ccccc1)S(=O)(=O)N1CC[C@H]2NCCC[C@]2(C(=O)O)C1. The number of carboxylic acid groups (broad SMARTS) is 1. The molecule has 2 N–H and O–H groups in total. The van der Waals surface area contributed by atoms with E-state index in [1.54, 1.807) is 7.05 Å². The molecule has 2 saturated heterocycles. The van der Waals surface area contributed by atoms with Crippen molar-refractivity contribution in [2.45, 2.75) is 31.8 Å². The highest BCUT2D eigenvalue weighted by Crippen LogP contribution is 2.39.